The molecule has 0 spiro atoms. The quantitative estimate of drug-likeness (QED) is 0.580. The van der Waals surface area contributed by atoms with Crippen molar-refractivity contribution < 1.29 is 4.79 Å². The van der Waals surface area contributed by atoms with Crippen LogP contribution in [0.3, 0.4) is 0 Å². The van der Waals surface area contributed by atoms with Crippen LogP contribution in [0.5, 0.6) is 0 Å². The number of rotatable bonds is 5. The summed E-state index contributed by atoms with van der Waals surface area (Å²) < 4.78 is 1.90. The topological polar surface area (TPSA) is 41.1 Å². The van der Waals surface area contributed by atoms with Crippen LogP contribution in [-0.4, -0.2) is 25.0 Å². The van der Waals surface area contributed by atoms with Crippen LogP contribution in [0, 0.1) is 3.57 Å². The van der Waals surface area contributed by atoms with Crippen molar-refractivity contribution in [2.75, 3.05) is 13.1 Å². The third-order valence-corrected chi connectivity index (χ3v) is 4.03. The van der Waals surface area contributed by atoms with Gasteiger partial charge in [-0.1, -0.05) is 15.9 Å². The Labute approximate surface area is 123 Å². The van der Waals surface area contributed by atoms with Crippen molar-refractivity contribution in [1.29, 1.82) is 0 Å². The molecule has 2 rings (SSSR count). The second kappa shape index (κ2) is 6.15. The molecule has 0 unspecified atom stereocenters. The van der Waals surface area contributed by atoms with Crippen molar-refractivity contribution >= 4 is 44.4 Å². The van der Waals surface area contributed by atoms with Gasteiger partial charge in [-0.2, -0.15) is 0 Å². The fourth-order valence-corrected chi connectivity index (χ4v) is 2.45. The molecule has 0 heterocycles. The molecule has 1 aromatic carbocycles. The Hall–Kier alpha value is -0.140. The van der Waals surface area contributed by atoms with Crippen LogP contribution in [-0.2, 0) is 0 Å². The zero-order chi connectivity index (χ0) is 12.3. The van der Waals surface area contributed by atoms with Crippen molar-refractivity contribution in [3.63, 3.8) is 0 Å². The molecule has 0 radical (unpaired) electrons. The van der Waals surface area contributed by atoms with Gasteiger partial charge in [-0.05, 0) is 53.6 Å². The maximum Gasteiger partial charge on any atom is 0.252 e. The average molecular weight is 409 g/mol. The Morgan fingerprint density at radius 2 is 2.18 bits per heavy atom. The maximum absolute atomic E-state index is 11.9. The van der Waals surface area contributed by atoms with E-state index in [4.69, 9.17) is 0 Å². The van der Waals surface area contributed by atoms with Crippen LogP contribution >= 0.6 is 38.5 Å². The zero-order valence-electron chi connectivity index (χ0n) is 9.30. The number of amides is 1. The number of hydrogen-bond acceptors (Lipinski definition) is 2. The first-order valence-electron chi connectivity index (χ1n) is 5.63. The van der Waals surface area contributed by atoms with Crippen LogP contribution in [0.15, 0.2) is 22.7 Å². The normalized spacial score (nSPS) is 14.7. The van der Waals surface area contributed by atoms with Crippen LogP contribution in [0.1, 0.15) is 23.2 Å². The first kappa shape index (κ1) is 13.3. The second-order valence-electron chi connectivity index (χ2n) is 4.11. The Morgan fingerprint density at radius 3 is 2.88 bits per heavy atom. The number of halogens is 2. The number of carbonyl (C=O) groups excluding carboxylic acids is 1. The monoisotopic (exact) mass is 408 g/mol. The molecule has 17 heavy (non-hydrogen) atoms. The van der Waals surface area contributed by atoms with Gasteiger partial charge in [-0.25, -0.2) is 0 Å². The molecule has 1 aromatic rings. The van der Waals surface area contributed by atoms with Crippen molar-refractivity contribution in [1.82, 2.24) is 10.6 Å². The van der Waals surface area contributed by atoms with E-state index >= 15 is 0 Å². The van der Waals surface area contributed by atoms with Gasteiger partial charge < -0.3 is 10.6 Å². The van der Waals surface area contributed by atoms with Crippen LogP contribution in [0.25, 0.3) is 0 Å². The largest absolute Gasteiger partial charge is 0.351 e. The molecule has 0 bridgehead atoms. The third-order valence-electron chi connectivity index (χ3n) is 2.59. The standard InChI is InChI=1S/C12H14BrIN2O/c13-8-1-4-11(14)10(7-8)12(17)16-6-5-15-9-2-3-9/h1,4,7,9,15H,2-3,5-6H2,(H,16,17). The summed E-state index contributed by atoms with van der Waals surface area (Å²) in [7, 11) is 0. The van der Waals surface area contributed by atoms with Gasteiger partial charge in [0.15, 0.2) is 0 Å². The second-order valence-corrected chi connectivity index (χ2v) is 6.19. The predicted molar refractivity (Wildman–Crippen MR) is 80.2 cm³/mol. The highest BCUT2D eigenvalue weighted by atomic mass is 127. The summed E-state index contributed by atoms with van der Waals surface area (Å²) in [4.78, 5) is 11.9. The lowest BCUT2D eigenvalue weighted by molar-refractivity contribution is 0.0953. The molecule has 5 heteroatoms. The zero-order valence-corrected chi connectivity index (χ0v) is 13.0. The molecule has 1 aliphatic rings. The fraction of sp³-hybridized carbons (Fsp3) is 0.417. The number of hydrogen-bond donors (Lipinski definition) is 2. The summed E-state index contributed by atoms with van der Waals surface area (Å²) in [6.45, 7) is 1.53. The minimum Gasteiger partial charge on any atom is -0.351 e. The molecule has 0 saturated heterocycles. The van der Waals surface area contributed by atoms with E-state index in [1.165, 1.54) is 12.8 Å². The van der Waals surface area contributed by atoms with Gasteiger partial charge >= 0.3 is 0 Å². The van der Waals surface area contributed by atoms with E-state index in [0.717, 1.165) is 20.2 Å². The Balaban J connectivity index is 1.82. The highest BCUT2D eigenvalue weighted by Crippen LogP contribution is 2.19. The predicted octanol–water partition coefficient (Wildman–Crippen LogP) is 2.54. The lowest BCUT2D eigenvalue weighted by Crippen LogP contribution is -2.33. The van der Waals surface area contributed by atoms with Crippen molar-refractivity contribution in [3.05, 3.63) is 31.8 Å². The molecule has 0 atom stereocenters. The Kier molecular flexibility index (Phi) is 4.81. The van der Waals surface area contributed by atoms with Gasteiger partial charge in [-0.3, -0.25) is 4.79 Å². The average Bonchev–Trinajstić information content (AvgIpc) is 3.11. The van der Waals surface area contributed by atoms with Crippen LogP contribution < -0.4 is 10.6 Å². The molecule has 1 saturated carbocycles. The lowest BCUT2D eigenvalue weighted by atomic mass is 10.2. The smallest absolute Gasteiger partial charge is 0.252 e. The first-order chi connectivity index (χ1) is 8.16. The van der Waals surface area contributed by atoms with E-state index in [2.05, 4.69) is 49.2 Å². The summed E-state index contributed by atoms with van der Waals surface area (Å²) in [6.07, 6.45) is 2.55. The summed E-state index contributed by atoms with van der Waals surface area (Å²) in [5, 5.41) is 6.29. The molecule has 92 valence electrons. The number of nitrogens with one attached hydrogen (secondary N) is 2. The SMILES string of the molecule is O=C(NCCNC1CC1)c1cc(Br)ccc1I. The fourth-order valence-electron chi connectivity index (χ4n) is 1.51. The molecule has 0 aliphatic heterocycles. The van der Waals surface area contributed by atoms with Gasteiger partial charge in [0, 0.05) is 27.2 Å². The molecular weight excluding hydrogens is 395 g/mol. The molecule has 1 fully saturated rings. The minimum absolute atomic E-state index is 0.00621. The van der Waals surface area contributed by atoms with E-state index in [1.807, 2.05) is 18.2 Å². The highest BCUT2D eigenvalue weighted by molar-refractivity contribution is 14.1. The molecule has 0 aromatic heterocycles. The molecular formula is C12H14BrIN2O. The Morgan fingerprint density at radius 1 is 1.41 bits per heavy atom. The molecule has 2 N–H and O–H groups in total. The van der Waals surface area contributed by atoms with Crippen molar-refractivity contribution in [2.24, 2.45) is 0 Å². The van der Waals surface area contributed by atoms with Crippen LogP contribution in [0.2, 0.25) is 0 Å². The van der Waals surface area contributed by atoms with Gasteiger partial charge in [0.2, 0.25) is 0 Å². The summed E-state index contributed by atoms with van der Waals surface area (Å²) >= 11 is 5.55. The van der Waals surface area contributed by atoms with Gasteiger partial charge in [0.25, 0.3) is 5.91 Å². The van der Waals surface area contributed by atoms with Crippen LogP contribution in [0.4, 0.5) is 0 Å². The Bertz CT molecular complexity index is 421. The molecule has 3 nitrogen and oxygen atoms in total. The van der Waals surface area contributed by atoms with E-state index in [-0.39, 0.29) is 5.91 Å². The number of benzene rings is 1. The maximum atomic E-state index is 11.9. The lowest BCUT2D eigenvalue weighted by Gasteiger charge is -2.08. The third kappa shape index (κ3) is 4.22. The summed E-state index contributed by atoms with van der Waals surface area (Å²) in [5.41, 5.74) is 0.728. The highest BCUT2D eigenvalue weighted by Gasteiger charge is 2.19. The van der Waals surface area contributed by atoms with Gasteiger partial charge in [0.05, 0.1) is 5.56 Å². The minimum atomic E-state index is -0.00621. The van der Waals surface area contributed by atoms with E-state index in [0.29, 0.717) is 12.6 Å². The van der Waals surface area contributed by atoms with Gasteiger partial charge in [-0.15, -0.1) is 0 Å². The first-order valence-corrected chi connectivity index (χ1v) is 7.50. The summed E-state index contributed by atoms with van der Waals surface area (Å²) in [5.74, 6) is -0.00621. The number of carbonyl (C=O) groups is 1. The molecule has 1 amide bonds. The van der Waals surface area contributed by atoms with Gasteiger partial charge in [0.1, 0.15) is 0 Å². The van der Waals surface area contributed by atoms with Crippen molar-refractivity contribution in [3.8, 4) is 0 Å². The van der Waals surface area contributed by atoms with E-state index in [9.17, 15) is 4.79 Å². The van der Waals surface area contributed by atoms with E-state index in [1.54, 1.807) is 0 Å². The summed E-state index contributed by atoms with van der Waals surface area (Å²) in [6, 6.07) is 6.42. The van der Waals surface area contributed by atoms with E-state index < -0.39 is 0 Å². The van der Waals surface area contributed by atoms with Crippen molar-refractivity contribution in [2.45, 2.75) is 18.9 Å². The molecule has 1 aliphatic carbocycles.